The van der Waals surface area contributed by atoms with E-state index in [0.29, 0.717) is 25.1 Å². The average Bonchev–Trinajstić information content (AvgIpc) is 2.82. The highest BCUT2D eigenvalue weighted by Gasteiger charge is 2.27. The van der Waals surface area contributed by atoms with Gasteiger partial charge in [-0.3, -0.25) is 14.5 Å². The molecule has 168 valence electrons. The van der Waals surface area contributed by atoms with Gasteiger partial charge in [-0.15, -0.1) is 0 Å². The van der Waals surface area contributed by atoms with E-state index >= 15 is 0 Å². The van der Waals surface area contributed by atoms with Crippen LogP contribution in [0.5, 0.6) is 0 Å². The van der Waals surface area contributed by atoms with E-state index in [1.165, 1.54) is 5.01 Å². The van der Waals surface area contributed by atoms with Gasteiger partial charge in [0, 0.05) is 45.6 Å². The Hall–Kier alpha value is -3.03. The molecule has 2 aromatic carbocycles. The number of piperazine rings is 1. The first-order chi connectivity index (χ1) is 15.6. The molecule has 1 unspecified atom stereocenters. The SMILES string of the molecule is CN1CCN(CC(NC(=O)C2=NN(Cc3ccccc3)C(=O)CC2)c2ccccc2)CC1. The van der Waals surface area contributed by atoms with Gasteiger partial charge in [0.15, 0.2) is 0 Å². The standard InChI is InChI=1S/C25H31N5O2/c1-28-14-16-29(17-15-28)19-23(21-10-6-3-7-11-21)26-25(32)22-12-13-24(31)30(27-22)18-20-8-4-2-5-9-20/h2-11,23H,12-19H2,1H3,(H,26,32). The summed E-state index contributed by atoms with van der Waals surface area (Å²) < 4.78 is 0. The summed E-state index contributed by atoms with van der Waals surface area (Å²) in [4.78, 5) is 30.3. The number of amides is 2. The van der Waals surface area contributed by atoms with E-state index in [2.05, 4.69) is 39.4 Å². The third-order valence-corrected chi connectivity index (χ3v) is 6.09. The molecular weight excluding hydrogens is 402 g/mol. The van der Waals surface area contributed by atoms with Gasteiger partial charge in [-0.1, -0.05) is 60.7 Å². The van der Waals surface area contributed by atoms with Crippen LogP contribution in [-0.4, -0.2) is 72.1 Å². The maximum atomic E-state index is 13.2. The molecule has 0 aliphatic carbocycles. The molecular formula is C25H31N5O2. The third-order valence-electron chi connectivity index (χ3n) is 6.09. The van der Waals surface area contributed by atoms with Crippen molar-refractivity contribution in [1.82, 2.24) is 20.1 Å². The van der Waals surface area contributed by atoms with Crippen molar-refractivity contribution in [2.45, 2.75) is 25.4 Å². The highest BCUT2D eigenvalue weighted by molar-refractivity contribution is 6.39. The van der Waals surface area contributed by atoms with Crippen LogP contribution in [0.1, 0.15) is 30.0 Å². The largest absolute Gasteiger partial charge is 0.343 e. The summed E-state index contributed by atoms with van der Waals surface area (Å²) >= 11 is 0. The zero-order valence-electron chi connectivity index (χ0n) is 18.6. The molecule has 1 saturated heterocycles. The molecule has 2 amide bonds. The number of likely N-dealkylation sites (N-methyl/N-ethyl adjacent to an activating group) is 1. The zero-order valence-corrected chi connectivity index (χ0v) is 18.6. The van der Waals surface area contributed by atoms with Gasteiger partial charge in [0.05, 0.1) is 12.6 Å². The molecule has 1 fully saturated rings. The first-order valence-electron chi connectivity index (χ1n) is 11.3. The van der Waals surface area contributed by atoms with Gasteiger partial charge in [0.2, 0.25) is 5.91 Å². The number of hydrogen-bond donors (Lipinski definition) is 1. The molecule has 7 nitrogen and oxygen atoms in total. The van der Waals surface area contributed by atoms with Crippen molar-refractivity contribution in [2.24, 2.45) is 5.10 Å². The number of hydrogen-bond acceptors (Lipinski definition) is 5. The second kappa shape index (κ2) is 10.5. The highest BCUT2D eigenvalue weighted by atomic mass is 16.2. The lowest BCUT2D eigenvalue weighted by Gasteiger charge is -2.35. The number of nitrogens with one attached hydrogen (secondary N) is 1. The Morgan fingerprint density at radius 1 is 0.969 bits per heavy atom. The summed E-state index contributed by atoms with van der Waals surface area (Å²) in [5, 5.41) is 9.05. The van der Waals surface area contributed by atoms with Crippen LogP contribution in [0.2, 0.25) is 0 Å². The summed E-state index contributed by atoms with van der Waals surface area (Å²) in [6, 6.07) is 19.7. The van der Waals surface area contributed by atoms with Crippen LogP contribution in [-0.2, 0) is 16.1 Å². The first-order valence-corrected chi connectivity index (χ1v) is 11.3. The molecule has 0 radical (unpaired) electrons. The molecule has 0 saturated carbocycles. The van der Waals surface area contributed by atoms with Crippen molar-refractivity contribution >= 4 is 17.5 Å². The van der Waals surface area contributed by atoms with Crippen LogP contribution in [0.3, 0.4) is 0 Å². The predicted octanol–water partition coefficient (Wildman–Crippen LogP) is 2.27. The van der Waals surface area contributed by atoms with E-state index in [9.17, 15) is 9.59 Å². The van der Waals surface area contributed by atoms with Crippen molar-refractivity contribution in [3.8, 4) is 0 Å². The number of benzene rings is 2. The van der Waals surface area contributed by atoms with Crippen LogP contribution in [0, 0.1) is 0 Å². The molecule has 4 rings (SSSR count). The predicted molar refractivity (Wildman–Crippen MR) is 125 cm³/mol. The monoisotopic (exact) mass is 433 g/mol. The summed E-state index contributed by atoms with van der Waals surface area (Å²) in [7, 11) is 2.14. The van der Waals surface area contributed by atoms with Gasteiger partial charge in [0.1, 0.15) is 5.71 Å². The molecule has 2 aliphatic heterocycles. The minimum absolute atomic E-state index is 0.0533. The second-order valence-electron chi connectivity index (χ2n) is 8.52. The topological polar surface area (TPSA) is 68.2 Å². The van der Waals surface area contributed by atoms with Crippen LogP contribution < -0.4 is 5.32 Å². The van der Waals surface area contributed by atoms with Crippen molar-refractivity contribution in [3.63, 3.8) is 0 Å². The number of hydrazone groups is 1. The minimum Gasteiger partial charge on any atom is -0.343 e. The smallest absolute Gasteiger partial charge is 0.268 e. The summed E-state index contributed by atoms with van der Waals surface area (Å²) in [5.41, 5.74) is 2.48. The quantitative estimate of drug-likeness (QED) is 0.727. The molecule has 0 spiro atoms. The summed E-state index contributed by atoms with van der Waals surface area (Å²) in [6.07, 6.45) is 0.666. The van der Waals surface area contributed by atoms with Gasteiger partial charge in [0.25, 0.3) is 5.91 Å². The van der Waals surface area contributed by atoms with Crippen molar-refractivity contribution in [3.05, 3.63) is 71.8 Å². The minimum atomic E-state index is -0.196. The molecule has 32 heavy (non-hydrogen) atoms. The zero-order chi connectivity index (χ0) is 22.3. The Labute approximate surface area is 189 Å². The molecule has 7 heteroatoms. The molecule has 1 N–H and O–H groups in total. The van der Waals surface area contributed by atoms with Crippen LogP contribution in [0.25, 0.3) is 0 Å². The van der Waals surface area contributed by atoms with Gasteiger partial charge in [-0.25, -0.2) is 5.01 Å². The van der Waals surface area contributed by atoms with Crippen molar-refractivity contribution < 1.29 is 9.59 Å². The number of nitrogens with zero attached hydrogens (tertiary/aromatic N) is 4. The lowest BCUT2D eigenvalue weighted by atomic mass is 10.0. The Bertz CT molecular complexity index is 939. The Morgan fingerprint density at radius 3 is 2.31 bits per heavy atom. The van der Waals surface area contributed by atoms with E-state index in [0.717, 1.165) is 43.9 Å². The highest BCUT2D eigenvalue weighted by Crippen LogP contribution is 2.18. The average molecular weight is 434 g/mol. The lowest BCUT2D eigenvalue weighted by molar-refractivity contribution is -0.132. The van der Waals surface area contributed by atoms with Gasteiger partial charge >= 0.3 is 0 Å². The van der Waals surface area contributed by atoms with E-state index in [1.54, 1.807) is 0 Å². The lowest BCUT2D eigenvalue weighted by Crippen LogP contribution is -2.48. The molecule has 2 aliphatic rings. The third kappa shape index (κ3) is 5.81. The Kier molecular flexibility index (Phi) is 7.29. The van der Waals surface area contributed by atoms with Gasteiger partial charge in [-0.05, 0) is 18.2 Å². The van der Waals surface area contributed by atoms with Gasteiger partial charge in [-0.2, -0.15) is 5.10 Å². The van der Waals surface area contributed by atoms with Crippen molar-refractivity contribution in [1.29, 1.82) is 0 Å². The molecule has 0 aromatic heterocycles. The van der Waals surface area contributed by atoms with E-state index in [1.807, 2.05) is 48.5 Å². The normalized spacial score (nSPS) is 18.8. The fourth-order valence-corrected chi connectivity index (χ4v) is 4.09. The molecule has 2 heterocycles. The number of carbonyl (C=O) groups is 2. The molecule has 1 atom stereocenters. The molecule has 0 bridgehead atoms. The van der Waals surface area contributed by atoms with Gasteiger partial charge < -0.3 is 10.2 Å². The van der Waals surface area contributed by atoms with Crippen molar-refractivity contribution in [2.75, 3.05) is 39.8 Å². The first kappa shape index (κ1) is 22.2. The summed E-state index contributed by atoms with van der Waals surface area (Å²) in [6.45, 7) is 5.15. The Balaban J connectivity index is 1.46. The van der Waals surface area contributed by atoms with E-state index < -0.39 is 0 Å². The molecule has 2 aromatic rings. The summed E-state index contributed by atoms with van der Waals surface area (Å²) in [5.74, 6) is -0.249. The van der Waals surface area contributed by atoms with Crippen LogP contribution in [0.15, 0.2) is 65.8 Å². The van der Waals surface area contributed by atoms with Crippen LogP contribution >= 0.6 is 0 Å². The number of rotatable bonds is 7. The fraction of sp³-hybridized carbons (Fsp3) is 0.400. The number of carbonyl (C=O) groups excluding carboxylic acids is 2. The second-order valence-corrected chi connectivity index (χ2v) is 8.52. The maximum Gasteiger partial charge on any atom is 0.268 e. The van der Waals surface area contributed by atoms with Crippen LogP contribution in [0.4, 0.5) is 0 Å². The van der Waals surface area contributed by atoms with E-state index in [-0.39, 0.29) is 17.9 Å². The fourth-order valence-electron chi connectivity index (χ4n) is 4.09. The maximum absolute atomic E-state index is 13.2. The Morgan fingerprint density at radius 2 is 1.62 bits per heavy atom. The van der Waals surface area contributed by atoms with E-state index in [4.69, 9.17) is 0 Å².